The lowest BCUT2D eigenvalue weighted by Gasteiger charge is -2.08. The van der Waals surface area contributed by atoms with Crippen LogP contribution in [0.15, 0.2) is 9.59 Å². The molecule has 1 aromatic heterocycles. The summed E-state index contributed by atoms with van der Waals surface area (Å²) in [5.74, 6) is -3.20. The van der Waals surface area contributed by atoms with Gasteiger partial charge in [-0.15, -0.1) is 0 Å². The fourth-order valence-electron chi connectivity index (χ4n) is 1.15. The molecular formula is C9H12FN3O4. The molecule has 0 bridgehead atoms. The fraction of sp³-hybridized carbons (Fsp3) is 0.444. The van der Waals surface area contributed by atoms with Crippen LogP contribution in [0.2, 0.25) is 0 Å². The van der Waals surface area contributed by atoms with Crippen LogP contribution in [0.25, 0.3) is 0 Å². The van der Waals surface area contributed by atoms with Crippen LogP contribution in [0, 0.1) is 5.82 Å². The number of rotatable bonds is 4. The number of nitrogens with zero attached hydrogens (tertiary/aromatic N) is 1. The first kappa shape index (κ1) is 12.9. The lowest BCUT2D eigenvalue weighted by molar-refractivity contribution is -0.121. The molecule has 1 rings (SSSR count). The van der Waals surface area contributed by atoms with Crippen molar-refractivity contribution in [2.24, 2.45) is 0 Å². The molecule has 0 atom stereocenters. The Labute approximate surface area is 94.9 Å². The Kier molecular flexibility index (Phi) is 4.02. The van der Waals surface area contributed by atoms with Crippen molar-refractivity contribution < 1.29 is 14.3 Å². The smallest absolute Gasteiger partial charge is 0.331 e. The number of nitrogens with one attached hydrogen (secondary N) is 2. The van der Waals surface area contributed by atoms with E-state index in [1.807, 2.05) is 6.92 Å². The first-order valence-corrected chi connectivity index (χ1v) is 4.95. The topological polar surface area (TPSA) is 104 Å². The van der Waals surface area contributed by atoms with Crippen molar-refractivity contribution in [2.45, 2.75) is 19.9 Å². The van der Waals surface area contributed by atoms with Gasteiger partial charge in [0.15, 0.2) is 0 Å². The van der Waals surface area contributed by atoms with Crippen molar-refractivity contribution in [1.82, 2.24) is 14.9 Å². The van der Waals surface area contributed by atoms with E-state index in [1.165, 1.54) is 0 Å². The van der Waals surface area contributed by atoms with Crippen molar-refractivity contribution in [3.63, 3.8) is 0 Å². The lowest BCUT2D eigenvalue weighted by Crippen LogP contribution is -2.37. The highest BCUT2D eigenvalue weighted by atomic mass is 19.1. The molecule has 1 aromatic rings. The van der Waals surface area contributed by atoms with Crippen molar-refractivity contribution in [2.75, 3.05) is 6.54 Å². The zero-order chi connectivity index (χ0) is 13.0. The Morgan fingerprint density at radius 1 is 1.53 bits per heavy atom. The van der Waals surface area contributed by atoms with E-state index in [0.29, 0.717) is 17.5 Å². The van der Waals surface area contributed by atoms with E-state index < -0.39 is 35.4 Å². The Hall–Kier alpha value is -2.12. The second kappa shape index (κ2) is 5.28. The fourth-order valence-corrected chi connectivity index (χ4v) is 1.15. The minimum absolute atomic E-state index is 0.403. The summed E-state index contributed by atoms with van der Waals surface area (Å²) in [4.78, 5) is 34.9. The number of hydrogen-bond acceptors (Lipinski definition) is 4. The molecule has 1 amide bonds. The molecule has 94 valence electrons. The van der Waals surface area contributed by atoms with E-state index in [0.717, 1.165) is 0 Å². The van der Waals surface area contributed by atoms with Crippen LogP contribution in [-0.4, -0.2) is 27.1 Å². The van der Waals surface area contributed by atoms with Crippen molar-refractivity contribution in [3.05, 3.63) is 26.7 Å². The Morgan fingerprint density at radius 3 is 2.76 bits per heavy atom. The zero-order valence-electron chi connectivity index (χ0n) is 9.12. The number of carbonyl (C=O) groups is 1. The second-order valence-electron chi connectivity index (χ2n) is 3.33. The summed E-state index contributed by atoms with van der Waals surface area (Å²) < 4.78 is 13.4. The number of aromatic amines is 1. The van der Waals surface area contributed by atoms with Gasteiger partial charge < -0.3 is 10.4 Å². The maximum atomic E-state index is 13.0. The van der Waals surface area contributed by atoms with Gasteiger partial charge in [-0.05, 0) is 6.42 Å². The zero-order valence-corrected chi connectivity index (χ0v) is 9.12. The molecule has 17 heavy (non-hydrogen) atoms. The summed E-state index contributed by atoms with van der Waals surface area (Å²) in [7, 11) is 0. The number of carbonyl (C=O) groups excluding carboxylic acids is 1. The Bertz CT molecular complexity index is 534. The molecule has 8 heteroatoms. The summed E-state index contributed by atoms with van der Waals surface area (Å²) in [6.07, 6.45) is 0.701. The summed E-state index contributed by atoms with van der Waals surface area (Å²) in [6, 6.07) is 0. The summed E-state index contributed by atoms with van der Waals surface area (Å²) >= 11 is 0. The molecular weight excluding hydrogens is 233 g/mol. The first-order valence-electron chi connectivity index (χ1n) is 4.95. The van der Waals surface area contributed by atoms with E-state index in [9.17, 15) is 23.9 Å². The third-order valence-corrected chi connectivity index (χ3v) is 1.99. The molecule has 0 spiro atoms. The highest BCUT2D eigenvalue weighted by molar-refractivity contribution is 5.75. The minimum Gasteiger partial charge on any atom is -0.492 e. The molecule has 0 aliphatic rings. The molecule has 0 saturated heterocycles. The van der Waals surface area contributed by atoms with E-state index in [1.54, 1.807) is 4.98 Å². The highest BCUT2D eigenvalue weighted by Crippen LogP contribution is 2.06. The standard InChI is InChI=1S/C9H12FN3O4/c1-2-3-11-5(14)4-13-8(16)6(10)7(15)12-9(13)17/h16H,2-4H2,1H3,(H,11,14)(H,12,15,17). The van der Waals surface area contributed by atoms with Crippen LogP contribution >= 0.6 is 0 Å². The molecule has 0 fully saturated rings. The molecule has 0 aliphatic carbocycles. The lowest BCUT2D eigenvalue weighted by atomic mass is 10.4. The van der Waals surface area contributed by atoms with E-state index in [2.05, 4.69) is 5.32 Å². The summed E-state index contributed by atoms with van der Waals surface area (Å²) in [5, 5.41) is 11.7. The molecule has 0 radical (unpaired) electrons. The third-order valence-electron chi connectivity index (χ3n) is 1.99. The Balaban J connectivity index is 3.00. The van der Waals surface area contributed by atoms with Crippen molar-refractivity contribution in [3.8, 4) is 5.88 Å². The van der Waals surface area contributed by atoms with Gasteiger partial charge in [0.05, 0.1) is 0 Å². The predicted octanol–water partition coefficient (Wildman–Crippen LogP) is -1.09. The molecule has 0 saturated carbocycles. The molecule has 0 aromatic carbocycles. The van der Waals surface area contributed by atoms with Crippen LogP contribution in [-0.2, 0) is 11.3 Å². The van der Waals surface area contributed by atoms with E-state index in [-0.39, 0.29) is 0 Å². The van der Waals surface area contributed by atoms with Crippen molar-refractivity contribution >= 4 is 5.91 Å². The van der Waals surface area contributed by atoms with Crippen LogP contribution in [0.1, 0.15) is 13.3 Å². The highest BCUT2D eigenvalue weighted by Gasteiger charge is 2.15. The number of amides is 1. The van der Waals surface area contributed by atoms with Gasteiger partial charge in [0.25, 0.3) is 5.56 Å². The number of hydrogen-bond donors (Lipinski definition) is 3. The van der Waals surface area contributed by atoms with Crippen LogP contribution < -0.4 is 16.6 Å². The first-order chi connectivity index (χ1) is 7.97. The minimum atomic E-state index is -1.49. The third kappa shape index (κ3) is 2.92. The number of aromatic nitrogens is 2. The Morgan fingerprint density at radius 2 is 2.18 bits per heavy atom. The summed E-state index contributed by atoms with van der Waals surface area (Å²) in [6.45, 7) is 1.68. The molecule has 1 heterocycles. The normalized spacial score (nSPS) is 10.2. The van der Waals surface area contributed by atoms with Gasteiger partial charge in [-0.3, -0.25) is 19.1 Å². The van der Waals surface area contributed by atoms with Gasteiger partial charge in [0, 0.05) is 6.54 Å². The van der Waals surface area contributed by atoms with Crippen LogP contribution in [0.3, 0.4) is 0 Å². The van der Waals surface area contributed by atoms with Gasteiger partial charge in [-0.25, -0.2) is 4.79 Å². The maximum Gasteiger partial charge on any atom is 0.331 e. The van der Waals surface area contributed by atoms with Crippen LogP contribution in [0.4, 0.5) is 4.39 Å². The number of aromatic hydroxyl groups is 1. The van der Waals surface area contributed by atoms with E-state index >= 15 is 0 Å². The van der Waals surface area contributed by atoms with Gasteiger partial charge in [-0.1, -0.05) is 6.92 Å². The monoisotopic (exact) mass is 245 g/mol. The van der Waals surface area contributed by atoms with Gasteiger partial charge in [0.1, 0.15) is 6.54 Å². The summed E-state index contributed by atoms with van der Waals surface area (Å²) in [5.41, 5.74) is -2.36. The second-order valence-corrected chi connectivity index (χ2v) is 3.33. The molecule has 0 unspecified atom stereocenters. The molecule has 0 aliphatic heterocycles. The van der Waals surface area contributed by atoms with E-state index in [4.69, 9.17) is 0 Å². The van der Waals surface area contributed by atoms with Crippen molar-refractivity contribution in [1.29, 1.82) is 0 Å². The average molecular weight is 245 g/mol. The predicted molar refractivity (Wildman–Crippen MR) is 56.2 cm³/mol. The van der Waals surface area contributed by atoms with Gasteiger partial charge >= 0.3 is 5.69 Å². The van der Waals surface area contributed by atoms with Gasteiger partial charge in [-0.2, -0.15) is 4.39 Å². The SMILES string of the molecule is CCCNC(=O)Cn1c(O)c(F)c(=O)[nH]c1=O. The largest absolute Gasteiger partial charge is 0.492 e. The maximum absolute atomic E-state index is 13.0. The van der Waals surface area contributed by atoms with Crippen LogP contribution in [0.5, 0.6) is 5.88 Å². The quantitative estimate of drug-likeness (QED) is 0.626. The average Bonchev–Trinajstić information content (AvgIpc) is 2.29. The van der Waals surface area contributed by atoms with Gasteiger partial charge in [0.2, 0.25) is 17.6 Å². The molecule has 3 N–H and O–H groups in total. The number of H-pyrrole nitrogens is 1. The number of halogens is 1. The molecule has 7 nitrogen and oxygen atoms in total.